The normalized spacial score (nSPS) is 15.4. The van der Waals surface area contributed by atoms with Crippen LogP contribution >= 0.6 is 0 Å². The molecule has 86 valence electrons. The average molecular weight is 220 g/mol. The second-order valence-corrected chi connectivity index (χ2v) is 4.00. The Morgan fingerprint density at radius 3 is 2.88 bits per heavy atom. The van der Waals surface area contributed by atoms with Gasteiger partial charge in [-0.25, -0.2) is 4.79 Å². The lowest BCUT2D eigenvalue weighted by Gasteiger charge is -2.14. The van der Waals surface area contributed by atoms with Crippen molar-refractivity contribution in [3.8, 4) is 0 Å². The number of aryl methyl sites for hydroxylation is 1. The predicted octanol–water partition coefficient (Wildman–Crippen LogP) is 1.41. The monoisotopic (exact) mass is 220 g/mol. The molecule has 2 rings (SSSR count). The summed E-state index contributed by atoms with van der Waals surface area (Å²) >= 11 is 0. The SMILES string of the molecule is Cc1cc(CN)ccc1CN1CCOC1=O. The lowest BCUT2D eigenvalue weighted by Crippen LogP contribution is -2.23. The van der Waals surface area contributed by atoms with E-state index in [9.17, 15) is 4.79 Å². The molecule has 1 amide bonds. The van der Waals surface area contributed by atoms with Gasteiger partial charge in [-0.05, 0) is 23.6 Å². The van der Waals surface area contributed by atoms with E-state index in [-0.39, 0.29) is 6.09 Å². The number of benzene rings is 1. The van der Waals surface area contributed by atoms with E-state index in [1.165, 1.54) is 5.56 Å². The quantitative estimate of drug-likeness (QED) is 0.837. The van der Waals surface area contributed by atoms with Gasteiger partial charge in [0.25, 0.3) is 0 Å². The molecule has 4 heteroatoms. The lowest BCUT2D eigenvalue weighted by molar-refractivity contribution is 0.157. The molecule has 0 saturated carbocycles. The van der Waals surface area contributed by atoms with E-state index in [4.69, 9.17) is 10.5 Å². The fourth-order valence-electron chi connectivity index (χ4n) is 1.84. The first-order valence-corrected chi connectivity index (χ1v) is 5.41. The topological polar surface area (TPSA) is 55.6 Å². The number of amides is 1. The Bertz CT molecular complexity index is 404. The molecule has 0 aromatic heterocycles. The lowest BCUT2D eigenvalue weighted by atomic mass is 10.0. The molecular weight excluding hydrogens is 204 g/mol. The fraction of sp³-hybridized carbons (Fsp3) is 0.417. The van der Waals surface area contributed by atoms with Crippen LogP contribution in [0.2, 0.25) is 0 Å². The van der Waals surface area contributed by atoms with Crippen LogP contribution in [0.5, 0.6) is 0 Å². The number of carbonyl (C=O) groups excluding carboxylic acids is 1. The number of hydrogen-bond donors (Lipinski definition) is 1. The highest BCUT2D eigenvalue weighted by molar-refractivity contribution is 5.69. The first kappa shape index (κ1) is 11.0. The van der Waals surface area contributed by atoms with Crippen LogP contribution < -0.4 is 5.73 Å². The van der Waals surface area contributed by atoms with Crippen molar-refractivity contribution in [2.24, 2.45) is 5.73 Å². The summed E-state index contributed by atoms with van der Waals surface area (Å²) in [7, 11) is 0. The van der Waals surface area contributed by atoms with Crippen molar-refractivity contribution in [1.29, 1.82) is 0 Å². The summed E-state index contributed by atoms with van der Waals surface area (Å²) in [6.45, 7) is 4.38. The third kappa shape index (κ3) is 2.17. The number of carbonyl (C=O) groups is 1. The number of cyclic esters (lactones) is 1. The molecule has 0 radical (unpaired) electrons. The van der Waals surface area contributed by atoms with Crippen LogP contribution in [-0.4, -0.2) is 24.1 Å². The summed E-state index contributed by atoms with van der Waals surface area (Å²) < 4.78 is 4.89. The summed E-state index contributed by atoms with van der Waals surface area (Å²) in [6.07, 6.45) is -0.220. The minimum Gasteiger partial charge on any atom is -0.448 e. The van der Waals surface area contributed by atoms with Crippen LogP contribution in [0.25, 0.3) is 0 Å². The van der Waals surface area contributed by atoms with Gasteiger partial charge >= 0.3 is 6.09 Å². The zero-order chi connectivity index (χ0) is 11.5. The predicted molar refractivity (Wildman–Crippen MR) is 60.8 cm³/mol. The van der Waals surface area contributed by atoms with Gasteiger partial charge in [-0.3, -0.25) is 0 Å². The Morgan fingerprint density at radius 2 is 2.31 bits per heavy atom. The van der Waals surface area contributed by atoms with Crippen molar-refractivity contribution in [1.82, 2.24) is 4.90 Å². The maximum Gasteiger partial charge on any atom is 0.410 e. The zero-order valence-electron chi connectivity index (χ0n) is 9.40. The molecule has 1 fully saturated rings. The standard InChI is InChI=1S/C12H16N2O2/c1-9-6-10(7-13)2-3-11(9)8-14-4-5-16-12(14)15/h2-3,6H,4-5,7-8,13H2,1H3. The summed E-state index contributed by atoms with van der Waals surface area (Å²) in [4.78, 5) is 13.0. The molecule has 1 aliphatic heterocycles. The van der Waals surface area contributed by atoms with Crippen LogP contribution in [0.15, 0.2) is 18.2 Å². The van der Waals surface area contributed by atoms with Crippen LogP contribution in [0.3, 0.4) is 0 Å². The van der Waals surface area contributed by atoms with Gasteiger partial charge in [0.2, 0.25) is 0 Å². The van der Waals surface area contributed by atoms with Gasteiger partial charge in [0.05, 0.1) is 6.54 Å². The molecular formula is C12H16N2O2. The van der Waals surface area contributed by atoms with E-state index in [1.807, 2.05) is 19.1 Å². The van der Waals surface area contributed by atoms with Crippen molar-refractivity contribution >= 4 is 6.09 Å². The van der Waals surface area contributed by atoms with E-state index in [1.54, 1.807) is 4.90 Å². The summed E-state index contributed by atoms with van der Waals surface area (Å²) in [5.41, 5.74) is 9.00. The van der Waals surface area contributed by atoms with E-state index >= 15 is 0 Å². The van der Waals surface area contributed by atoms with E-state index in [0.717, 1.165) is 11.1 Å². The van der Waals surface area contributed by atoms with E-state index in [0.29, 0.717) is 26.2 Å². The zero-order valence-corrected chi connectivity index (χ0v) is 9.40. The molecule has 4 nitrogen and oxygen atoms in total. The molecule has 0 aliphatic carbocycles. The largest absolute Gasteiger partial charge is 0.448 e. The Labute approximate surface area is 95.0 Å². The Morgan fingerprint density at radius 1 is 1.50 bits per heavy atom. The first-order valence-electron chi connectivity index (χ1n) is 5.41. The van der Waals surface area contributed by atoms with Crippen LogP contribution in [-0.2, 0) is 17.8 Å². The molecule has 0 unspecified atom stereocenters. The van der Waals surface area contributed by atoms with Gasteiger partial charge < -0.3 is 15.4 Å². The number of ether oxygens (including phenoxy) is 1. The van der Waals surface area contributed by atoms with Gasteiger partial charge in [-0.2, -0.15) is 0 Å². The van der Waals surface area contributed by atoms with Gasteiger partial charge in [-0.1, -0.05) is 18.2 Å². The highest BCUT2D eigenvalue weighted by atomic mass is 16.6. The molecule has 1 heterocycles. The highest BCUT2D eigenvalue weighted by Gasteiger charge is 2.22. The Hall–Kier alpha value is -1.55. The van der Waals surface area contributed by atoms with Crippen molar-refractivity contribution < 1.29 is 9.53 Å². The molecule has 2 N–H and O–H groups in total. The maximum atomic E-state index is 11.3. The molecule has 1 saturated heterocycles. The summed E-state index contributed by atoms with van der Waals surface area (Å²) in [5, 5.41) is 0. The Balaban J connectivity index is 2.12. The third-order valence-electron chi connectivity index (χ3n) is 2.85. The van der Waals surface area contributed by atoms with Crippen molar-refractivity contribution in [3.63, 3.8) is 0 Å². The smallest absolute Gasteiger partial charge is 0.410 e. The highest BCUT2D eigenvalue weighted by Crippen LogP contribution is 2.15. The Kier molecular flexibility index (Phi) is 3.10. The van der Waals surface area contributed by atoms with Gasteiger partial charge in [-0.15, -0.1) is 0 Å². The molecule has 1 aliphatic rings. The van der Waals surface area contributed by atoms with Crippen molar-refractivity contribution in [3.05, 3.63) is 34.9 Å². The van der Waals surface area contributed by atoms with E-state index in [2.05, 4.69) is 6.07 Å². The number of nitrogens with zero attached hydrogens (tertiary/aromatic N) is 1. The molecule has 0 bridgehead atoms. The van der Waals surface area contributed by atoms with E-state index < -0.39 is 0 Å². The van der Waals surface area contributed by atoms with Crippen LogP contribution in [0.1, 0.15) is 16.7 Å². The van der Waals surface area contributed by atoms with Gasteiger partial charge in [0.1, 0.15) is 6.61 Å². The fourth-order valence-corrected chi connectivity index (χ4v) is 1.84. The molecule has 0 spiro atoms. The second kappa shape index (κ2) is 4.53. The molecule has 1 aromatic rings. The first-order chi connectivity index (χ1) is 7.70. The maximum absolute atomic E-state index is 11.3. The third-order valence-corrected chi connectivity index (χ3v) is 2.85. The van der Waals surface area contributed by atoms with Crippen LogP contribution in [0.4, 0.5) is 4.79 Å². The molecule has 0 atom stereocenters. The molecule has 16 heavy (non-hydrogen) atoms. The van der Waals surface area contributed by atoms with Crippen molar-refractivity contribution in [2.45, 2.75) is 20.0 Å². The number of nitrogens with two attached hydrogens (primary N) is 1. The molecule has 1 aromatic carbocycles. The summed E-state index contributed by atoms with van der Waals surface area (Å²) in [5.74, 6) is 0. The minimum absolute atomic E-state index is 0.220. The number of hydrogen-bond acceptors (Lipinski definition) is 3. The summed E-state index contributed by atoms with van der Waals surface area (Å²) in [6, 6.07) is 6.10. The van der Waals surface area contributed by atoms with Crippen LogP contribution in [0, 0.1) is 6.92 Å². The average Bonchev–Trinajstić information content (AvgIpc) is 2.67. The van der Waals surface area contributed by atoms with Gasteiger partial charge in [0.15, 0.2) is 0 Å². The second-order valence-electron chi connectivity index (χ2n) is 4.00. The minimum atomic E-state index is -0.220. The van der Waals surface area contributed by atoms with Crippen molar-refractivity contribution in [2.75, 3.05) is 13.2 Å². The number of rotatable bonds is 3. The van der Waals surface area contributed by atoms with Gasteiger partial charge in [0, 0.05) is 13.1 Å².